The van der Waals surface area contributed by atoms with Gasteiger partial charge in [-0.2, -0.15) is 0 Å². The van der Waals surface area contributed by atoms with Gasteiger partial charge in [-0.25, -0.2) is 9.13 Å². The molecule has 2 unspecified atom stereocenters. The molecule has 0 aliphatic rings. The fourth-order valence-electron chi connectivity index (χ4n) is 11.4. The first-order chi connectivity index (χ1) is 45.0. The minimum Gasteiger partial charge on any atom is -0.462 e. The monoisotopic (exact) mass is 1370 g/mol. The van der Waals surface area contributed by atoms with Crippen molar-refractivity contribution >= 4 is 39.5 Å². The largest absolute Gasteiger partial charge is 0.472 e. The van der Waals surface area contributed by atoms with Crippen LogP contribution < -0.4 is 0 Å². The fourth-order valence-corrected chi connectivity index (χ4v) is 12.9. The van der Waals surface area contributed by atoms with Crippen LogP contribution in [0.4, 0.5) is 0 Å². The van der Waals surface area contributed by atoms with Crippen molar-refractivity contribution in [1.82, 2.24) is 0 Å². The van der Waals surface area contributed by atoms with Crippen LogP contribution in [0.3, 0.4) is 0 Å². The van der Waals surface area contributed by atoms with Crippen molar-refractivity contribution in [1.29, 1.82) is 0 Å². The lowest BCUT2D eigenvalue weighted by molar-refractivity contribution is -0.161. The summed E-state index contributed by atoms with van der Waals surface area (Å²) in [5.74, 6) is -1.42. The first-order valence-corrected chi connectivity index (χ1v) is 41.6. The Bertz CT molecular complexity index is 1790. The van der Waals surface area contributed by atoms with Crippen LogP contribution >= 0.6 is 15.6 Å². The Morgan fingerprint density at radius 2 is 0.495 bits per heavy atom. The molecule has 5 atom stereocenters. The number of hydrogen-bond donors (Lipinski definition) is 3. The lowest BCUT2D eigenvalue weighted by Gasteiger charge is -2.21. The molecule has 0 radical (unpaired) electrons. The van der Waals surface area contributed by atoms with Gasteiger partial charge in [0.05, 0.1) is 26.4 Å². The van der Waals surface area contributed by atoms with E-state index in [0.717, 1.165) is 89.9 Å². The van der Waals surface area contributed by atoms with Gasteiger partial charge in [0.2, 0.25) is 0 Å². The summed E-state index contributed by atoms with van der Waals surface area (Å²) in [4.78, 5) is 72.7. The van der Waals surface area contributed by atoms with Crippen LogP contribution in [0.15, 0.2) is 0 Å². The van der Waals surface area contributed by atoms with Gasteiger partial charge in [0.25, 0.3) is 0 Å². The predicted octanol–water partition coefficient (Wildman–Crippen LogP) is 21.7. The van der Waals surface area contributed by atoms with Crippen LogP contribution in [0.25, 0.3) is 0 Å². The summed E-state index contributed by atoms with van der Waals surface area (Å²) in [5, 5.41) is 10.6. The van der Waals surface area contributed by atoms with Crippen LogP contribution in [0, 0.1) is 5.92 Å². The van der Waals surface area contributed by atoms with Gasteiger partial charge in [-0.15, -0.1) is 0 Å². The molecule has 0 rings (SSSR count). The second-order valence-electron chi connectivity index (χ2n) is 27.2. The standard InChI is InChI=1S/C74H144O17P2/c1-6-9-12-15-18-21-24-26-28-30-32-34-36-39-44-49-54-59-73(78)90-69(63-85-72(77)58-53-48-43-38-35-33-31-29-27-25-22-19-16-13-10-7-2)65-88-92(80,81)86-61-68(75)62-87-93(82,83)89-66-70(91-74(79)60-55-50-45-40-41-46-51-56-67(4)5)64-84-71(76)57-52-47-42-37-23-20-17-14-11-8-3/h67-70,75H,6-66H2,1-5H3,(H,80,81)(H,82,83)/t68-,69-,70-/m1/s1. The molecule has 17 nitrogen and oxygen atoms in total. The minimum absolute atomic E-state index is 0.104. The van der Waals surface area contributed by atoms with Gasteiger partial charge in [-0.3, -0.25) is 37.3 Å². The maximum Gasteiger partial charge on any atom is 0.472 e. The molecule has 0 spiro atoms. The summed E-state index contributed by atoms with van der Waals surface area (Å²) in [6.45, 7) is 7.21. The van der Waals surface area contributed by atoms with E-state index >= 15 is 0 Å². The molecule has 0 aromatic rings. The molecule has 0 saturated heterocycles. The van der Waals surface area contributed by atoms with E-state index in [1.165, 1.54) is 212 Å². The van der Waals surface area contributed by atoms with Crippen molar-refractivity contribution in [2.75, 3.05) is 39.6 Å². The van der Waals surface area contributed by atoms with E-state index in [2.05, 4.69) is 34.6 Å². The van der Waals surface area contributed by atoms with Crippen molar-refractivity contribution in [3.8, 4) is 0 Å². The Balaban J connectivity index is 5.22. The van der Waals surface area contributed by atoms with E-state index in [9.17, 15) is 43.2 Å². The summed E-state index contributed by atoms with van der Waals surface area (Å²) in [7, 11) is -9.90. The Morgan fingerprint density at radius 1 is 0.290 bits per heavy atom. The molecule has 0 bridgehead atoms. The number of phosphoric acid groups is 2. The number of carbonyl (C=O) groups excluding carboxylic acids is 4. The van der Waals surface area contributed by atoms with Gasteiger partial charge in [-0.05, 0) is 31.6 Å². The number of unbranched alkanes of at least 4 members (excludes halogenated alkanes) is 46. The molecule has 3 N–H and O–H groups in total. The van der Waals surface area contributed by atoms with Crippen molar-refractivity contribution in [3.63, 3.8) is 0 Å². The van der Waals surface area contributed by atoms with Crippen LogP contribution in [0.5, 0.6) is 0 Å². The van der Waals surface area contributed by atoms with Crippen molar-refractivity contribution in [3.05, 3.63) is 0 Å². The number of aliphatic hydroxyl groups excluding tert-OH is 1. The Hall–Kier alpha value is -1.94. The topological polar surface area (TPSA) is 237 Å². The SMILES string of the molecule is CCCCCCCCCCCCCCCCCCCC(=O)O[C@H](COC(=O)CCCCCCCCCCCCCCCCCC)COP(=O)(O)OC[C@@H](O)COP(=O)(O)OC[C@@H](COC(=O)CCCCCCCCCCCC)OC(=O)CCCCCCCCCC(C)C. The molecule has 0 aliphatic heterocycles. The van der Waals surface area contributed by atoms with Gasteiger partial charge in [-0.1, -0.05) is 336 Å². The molecule has 0 fully saturated rings. The van der Waals surface area contributed by atoms with Gasteiger partial charge >= 0.3 is 39.5 Å². The van der Waals surface area contributed by atoms with Crippen molar-refractivity contribution in [2.45, 2.75) is 406 Å². The van der Waals surface area contributed by atoms with Crippen LogP contribution in [-0.4, -0.2) is 96.7 Å². The minimum atomic E-state index is -4.95. The lowest BCUT2D eigenvalue weighted by atomic mass is 10.0. The Morgan fingerprint density at radius 3 is 0.731 bits per heavy atom. The number of hydrogen-bond acceptors (Lipinski definition) is 15. The second-order valence-corrected chi connectivity index (χ2v) is 30.1. The molecule has 0 saturated carbocycles. The van der Waals surface area contributed by atoms with Gasteiger partial charge in [0.15, 0.2) is 12.2 Å². The molecule has 0 amide bonds. The molecule has 552 valence electrons. The van der Waals surface area contributed by atoms with Crippen LogP contribution in [-0.2, 0) is 65.4 Å². The third kappa shape index (κ3) is 68.4. The van der Waals surface area contributed by atoms with E-state index in [1.54, 1.807) is 0 Å². The maximum atomic E-state index is 13.1. The van der Waals surface area contributed by atoms with E-state index in [4.69, 9.17) is 37.0 Å². The maximum absolute atomic E-state index is 13.1. The number of aliphatic hydroxyl groups is 1. The van der Waals surface area contributed by atoms with Crippen LogP contribution in [0.1, 0.15) is 388 Å². The third-order valence-corrected chi connectivity index (χ3v) is 19.2. The number of rotatable bonds is 74. The summed E-state index contributed by atoms with van der Waals surface area (Å²) in [5.41, 5.74) is 0. The highest BCUT2D eigenvalue weighted by Gasteiger charge is 2.30. The van der Waals surface area contributed by atoms with E-state index in [0.29, 0.717) is 31.6 Å². The van der Waals surface area contributed by atoms with E-state index < -0.39 is 97.5 Å². The zero-order valence-corrected chi connectivity index (χ0v) is 62.2. The average molecular weight is 1370 g/mol. The number of carbonyl (C=O) groups is 4. The smallest absolute Gasteiger partial charge is 0.462 e. The zero-order valence-electron chi connectivity index (χ0n) is 60.4. The van der Waals surface area contributed by atoms with Gasteiger partial charge in [0.1, 0.15) is 19.3 Å². The van der Waals surface area contributed by atoms with Crippen molar-refractivity contribution in [2.24, 2.45) is 5.92 Å². The van der Waals surface area contributed by atoms with Crippen LogP contribution in [0.2, 0.25) is 0 Å². The highest BCUT2D eigenvalue weighted by atomic mass is 31.2. The average Bonchev–Trinajstić information content (AvgIpc) is 2.37. The molecular formula is C74H144O17P2. The highest BCUT2D eigenvalue weighted by molar-refractivity contribution is 7.47. The zero-order chi connectivity index (χ0) is 68.4. The molecule has 0 aromatic carbocycles. The molecule has 93 heavy (non-hydrogen) atoms. The fraction of sp³-hybridized carbons (Fsp3) is 0.946. The first-order valence-electron chi connectivity index (χ1n) is 38.6. The highest BCUT2D eigenvalue weighted by Crippen LogP contribution is 2.45. The molecule has 0 aromatic heterocycles. The molecule has 19 heteroatoms. The Labute approximate surface area is 568 Å². The lowest BCUT2D eigenvalue weighted by Crippen LogP contribution is -2.30. The number of phosphoric ester groups is 2. The summed E-state index contributed by atoms with van der Waals surface area (Å²) < 4.78 is 68.4. The van der Waals surface area contributed by atoms with E-state index in [1.807, 2.05) is 0 Å². The summed E-state index contributed by atoms with van der Waals surface area (Å²) in [6.07, 6.45) is 55.6. The third-order valence-electron chi connectivity index (χ3n) is 17.3. The Kier molecular flexibility index (Phi) is 65.9. The van der Waals surface area contributed by atoms with Crippen molar-refractivity contribution < 1.29 is 80.2 Å². The quantitative estimate of drug-likeness (QED) is 0.0222. The second kappa shape index (κ2) is 67.3. The molecule has 0 aliphatic carbocycles. The number of esters is 4. The summed E-state index contributed by atoms with van der Waals surface area (Å²) in [6, 6.07) is 0. The molecule has 0 heterocycles. The summed E-state index contributed by atoms with van der Waals surface area (Å²) >= 11 is 0. The predicted molar refractivity (Wildman–Crippen MR) is 377 cm³/mol. The van der Waals surface area contributed by atoms with Gasteiger partial charge in [0, 0.05) is 25.7 Å². The van der Waals surface area contributed by atoms with Gasteiger partial charge < -0.3 is 33.8 Å². The first kappa shape index (κ1) is 91.1. The number of ether oxygens (including phenoxy) is 4. The normalized spacial score (nSPS) is 14.0. The van der Waals surface area contributed by atoms with E-state index in [-0.39, 0.29) is 25.7 Å². The molecular weight excluding hydrogens is 1220 g/mol.